The Balaban J connectivity index is 1.39. The van der Waals surface area contributed by atoms with E-state index >= 15 is 9.59 Å². The van der Waals surface area contributed by atoms with Crippen molar-refractivity contribution >= 4 is 40.3 Å². The van der Waals surface area contributed by atoms with Crippen LogP contribution in [0.5, 0.6) is 17.2 Å². The molecule has 4 aliphatic rings. The third-order valence-electron chi connectivity index (χ3n) is 11.2. The molecule has 1 saturated heterocycles. The zero-order valence-electron chi connectivity index (χ0n) is 27.6. The monoisotopic (exact) mass is 685 g/mol. The second-order valence-electron chi connectivity index (χ2n) is 13.4. The van der Waals surface area contributed by atoms with Crippen LogP contribution in [0.4, 0.5) is 0 Å². The number of methoxy groups -OCH3 is 2. The number of fused-ring (bicyclic) bond motifs is 4. The number of ketones is 2. The highest BCUT2D eigenvalue weighted by Crippen LogP contribution is 2.65. The number of benzene rings is 3. The molecule has 1 aliphatic heterocycles. The highest BCUT2D eigenvalue weighted by molar-refractivity contribution is 7.09. The molecule has 3 aromatic carbocycles. The molecule has 6 unspecified atom stereocenters. The van der Waals surface area contributed by atoms with Crippen molar-refractivity contribution in [2.75, 3.05) is 14.2 Å². The third-order valence-corrected chi connectivity index (χ3v) is 12.0. The molecule has 1 N–H and O–H groups in total. The Hall–Kier alpha value is -5.28. The van der Waals surface area contributed by atoms with Crippen LogP contribution in [0.15, 0.2) is 108 Å². The molecule has 8 nitrogen and oxygen atoms in total. The molecule has 3 aliphatic carbocycles. The van der Waals surface area contributed by atoms with E-state index in [4.69, 9.17) is 9.47 Å². The zero-order chi connectivity index (χ0) is 34.7. The Morgan fingerprint density at radius 2 is 1.54 bits per heavy atom. The summed E-state index contributed by atoms with van der Waals surface area (Å²) < 4.78 is 11.8. The number of imide groups is 1. The maximum Gasteiger partial charge on any atom is 0.234 e. The van der Waals surface area contributed by atoms with Gasteiger partial charge in [-0.25, -0.2) is 0 Å². The molecule has 2 heterocycles. The molecule has 4 aromatic rings. The van der Waals surface area contributed by atoms with Crippen molar-refractivity contribution in [3.05, 3.63) is 130 Å². The average molecular weight is 686 g/mol. The summed E-state index contributed by atoms with van der Waals surface area (Å²) in [5.74, 6) is -3.98. The number of likely N-dealkylation sites (tertiary alicyclic amines) is 1. The van der Waals surface area contributed by atoms with E-state index in [2.05, 4.69) is 0 Å². The Morgan fingerprint density at radius 3 is 2.18 bits per heavy atom. The van der Waals surface area contributed by atoms with Gasteiger partial charge >= 0.3 is 0 Å². The molecular formula is C41H35NO7S. The van der Waals surface area contributed by atoms with Gasteiger partial charge in [0.1, 0.15) is 17.2 Å². The molecule has 6 atom stereocenters. The van der Waals surface area contributed by atoms with Crippen LogP contribution < -0.4 is 9.47 Å². The molecule has 8 rings (SSSR count). The standard InChI is InChI=1S/C41H35NO7S/c1-48-32-18-25(43)19-33(49-2)36(32)37-27-15-16-28-35(40(47)42(39(28)46)22-26-14-9-17-50-26)30(27)20-31-38(45)29(23-10-5-3-6-11-23)21-34(44)41(31,37)24-12-7-4-8-13-24/h3-15,17-19,21,28,30-31,35,37,43H,16,20,22H2,1-2H3. The topological polar surface area (TPSA) is 110 Å². The Morgan fingerprint density at radius 1 is 0.860 bits per heavy atom. The van der Waals surface area contributed by atoms with E-state index < -0.39 is 35.0 Å². The number of nitrogens with zero attached hydrogens (tertiary/aromatic N) is 1. The summed E-state index contributed by atoms with van der Waals surface area (Å²) in [6, 6.07) is 25.3. The lowest BCUT2D eigenvalue weighted by Crippen LogP contribution is -2.59. The third kappa shape index (κ3) is 4.63. The fourth-order valence-electron chi connectivity index (χ4n) is 9.18. The number of Topliss-reactive ketones (excluding diaryl/α,β-unsaturated/α-hetero) is 1. The molecule has 2 amide bonds. The van der Waals surface area contributed by atoms with Crippen LogP contribution in [0.2, 0.25) is 0 Å². The molecular weight excluding hydrogens is 651 g/mol. The summed E-state index contributed by atoms with van der Waals surface area (Å²) >= 11 is 1.49. The highest BCUT2D eigenvalue weighted by Gasteiger charge is 2.66. The van der Waals surface area contributed by atoms with E-state index in [9.17, 15) is 14.7 Å². The number of phenols is 1. The van der Waals surface area contributed by atoms with Gasteiger partial charge < -0.3 is 14.6 Å². The first-order chi connectivity index (χ1) is 24.3. The van der Waals surface area contributed by atoms with Crippen molar-refractivity contribution in [3.63, 3.8) is 0 Å². The van der Waals surface area contributed by atoms with Crippen molar-refractivity contribution in [3.8, 4) is 17.2 Å². The van der Waals surface area contributed by atoms with Crippen molar-refractivity contribution < 1.29 is 33.8 Å². The normalized spacial score (nSPS) is 27.2. The molecule has 50 heavy (non-hydrogen) atoms. The predicted molar refractivity (Wildman–Crippen MR) is 188 cm³/mol. The van der Waals surface area contributed by atoms with Crippen molar-refractivity contribution in [1.29, 1.82) is 0 Å². The number of hydrogen-bond acceptors (Lipinski definition) is 8. The molecule has 2 fully saturated rings. The van der Waals surface area contributed by atoms with Gasteiger partial charge in [-0.15, -0.1) is 11.3 Å². The van der Waals surface area contributed by atoms with Gasteiger partial charge in [-0.2, -0.15) is 0 Å². The van der Waals surface area contributed by atoms with E-state index in [1.807, 2.05) is 84.3 Å². The summed E-state index contributed by atoms with van der Waals surface area (Å²) in [4.78, 5) is 61.0. The van der Waals surface area contributed by atoms with Gasteiger partial charge in [0.2, 0.25) is 11.8 Å². The van der Waals surface area contributed by atoms with Gasteiger partial charge in [-0.3, -0.25) is 24.1 Å². The molecule has 9 heteroatoms. The van der Waals surface area contributed by atoms with Crippen LogP contribution >= 0.6 is 11.3 Å². The summed E-state index contributed by atoms with van der Waals surface area (Å²) in [6.45, 7) is 0.198. The lowest BCUT2D eigenvalue weighted by molar-refractivity contribution is -0.141. The zero-order valence-corrected chi connectivity index (χ0v) is 28.4. The quantitative estimate of drug-likeness (QED) is 0.175. The maximum atomic E-state index is 15.3. The summed E-state index contributed by atoms with van der Waals surface area (Å²) in [7, 11) is 2.97. The fourth-order valence-corrected chi connectivity index (χ4v) is 9.87. The number of carbonyl (C=O) groups is 4. The van der Waals surface area contributed by atoms with E-state index in [0.29, 0.717) is 28.7 Å². The largest absolute Gasteiger partial charge is 0.508 e. The van der Waals surface area contributed by atoms with Gasteiger partial charge in [0, 0.05) is 40.0 Å². The predicted octanol–water partition coefficient (Wildman–Crippen LogP) is 6.50. The number of hydrogen-bond donors (Lipinski definition) is 1. The number of phenolic OH excluding ortho intramolecular Hbond substituents is 1. The summed E-state index contributed by atoms with van der Waals surface area (Å²) in [6.07, 6.45) is 4.00. The van der Waals surface area contributed by atoms with Crippen LogP contribution in [-0.4, -0.2) is 47.6 Å². The van der Waals surface area contributed by atoms with Gasteiger partial charge in [-0.05, 0) is 47.4 Å². The van der Waals surface area contributed by atoms with Gasteiger partial charge in [-0.1, -0.05) is 78.4 Å². The first kappa shape index (κ1) is 32.0. The SMILES string of the molecule is COc1cc(O)cc(OC)c1C1C2=CCC3C(=O)N(Cc4cccs4)C(=O)C3C2CC2C(=O)C(c3ccccc3)=CC(=O)C21c1ccccc1. The second-order valence-corrected chi connectivity index (χ2v) is 14.4. The molecule has 0 bridgehead atoms. The van der Waals surface area contributed by atoms with Crippen LogP contribution in [0, 0.1) is 23.7 Å². The number of thiophene rings is 1. The minimum absolute atomic E-state index is 0.0871. The van der Waals surface area contributed by atoms with Crippen molar-refractivity contribution in [2.24, 2.45) is 23.7 Å². The van der Waals surface area contributed by atoms with E-state index in [-0.39, 0.29) is 53.6 Å². The molecule has 1 saturated carbocycles. The van der Waals surface area contributed by atoms with E-state index in [1.54, 1.807) is 0 Å². The van der Waals surface area contributed by atoms with Crippen LogP contribution in [0.25, 0.3) is 5.57 Å². The second kappa shape index (κ2) is 12.2. The van der Waals surface area contributed by atoms with Crippen molar-refractivity contribution in [1.82, 2.24) is 4.90 Å². The average Bonchev–Trinajstić information content (AvgIpc) is 3.75. The molecule has 0 spiro atoms. The minimum Gasteiger partial charge on any atom is -0.508 e. The Kier molecular flexibility index (Phi) is 7.83. The summed E-state index contributed by atoms with van der Waals surface area (Å²) in [5, 5.41) is 12.6. The molecule has 0 radical (unpaired) electrons. The first-order valence-corrected chi connectivity index (χ1v) is 17.6. The fraction of sp³-hybridized carbons (Fsp3) is 0.268. The number of ether oxygens (including phenoxy) is 2. The highest BCUT2D eigenvalue weighted by atomic mass is 32.1. The van der Waals surface area contributed by atoms with E-state index in [0.717, 1.165) is 10.5 Å². The van der Waals surface area contributed by atoms with E-state index in [1.165, 1.54) is 48.7 Å². The number of aromatic hydroxyl groups is 1. The minimum atomic E-state index is -1.45. The number of amides is 2. The first-order valence-electron chi connectivity index (χ1n) is 16.7. The van der Waals surface area contributed by atoms with Crippen LogP contribution in [0.3, 0.4) is 0 Å². The Labute approximate surface area is 293 Å². The smallest absolute Gasteiger partial charge is 0.234 e. The number of rotatable bonds is 7. The molecule has 1 aromatic heterocycles. The lowest BCUT2D eigenvalue weighted by atomic mass is 9.44. The van der Waals surface area contributed by atoms with Crippen LogP contribution in [0.1, 0.15) is 40.3 Å². The maximum absolute atomic E-state index is 15.3. The number of allylic oxidation sites excluding steroid dienone is 4. The van der Waals surface area contributed by atoms with Gasteiger partial charge in [0.15, 0.2) is 11.6 Å². The Bertz CT molecular complexity index is 2060. The summed E-state index contributed by atoms with van der Waals surface area (Å²) in [5.41, 5.74) is 1.46. The van der Waals surface area contributed by atoms with Gasteiger partial charge in [0.25, 0.3) is 0 Å². The lowest BCUT2D eigenvalue weighted by Gasteiger charge is -2.55. The van der Waals surface area contributed by atoms with Gasteiger partial charge in [0.05, 0.1) is 38.0 Å². The van der Waals surface area contributed by atoms with Crippen molar-refractivity contribution in [2.45, 2.75) is 30.7 Å². The number of carbonyl (C=O) groups excluding carboxylic acids is 4. The van der Waals surface area contributed by atoms with Crippen LogP contribution in [-0.2, 0) is 31.1 Å². The molecule has 252 valence electrons.